The van der Waals surface area contributed by atoms with Gasteiger partial charge in [0, 0.05) is 25.0 Å². The number of ether oxygens (including phenoxy) is 2. The Hall–Kier alpha value is -2.85. The van der Waals surface area contributed by atoms with Crippen molar-refractivity contribution in [3.63, 3.8) is 0 Å². The van der Waals surface area contributed by atoms with Gasteiger partial charge in [0.1, 0.15) is 11.6 Å². The van der Waals surface area contributed by atoms with Crippen LogP contribution in [0.4, 0.5) is 5.69 Å². The minimum Gasteiger partial charge on any atom is -0.465 e. The molecule has 1 aliphatic heterocycles. The summed E-state index contributed by atoms with van der Waals surface area (Å²) in [4.78, 5) is 25.3. The molecule has 0 atom stereocenters. The molecule has 2 rings (SSSR count). The van der Waals surface area contributed by atoms with Crippen molar-refractivity contribution in [1.29, 1.82) is 5.26 Å². The van der Waals surface area contributed by atoms with Crippen LogP contribution in [0.3, 0.4) is 0 Å². The molecular weight excluding hydrogens is 298 g/mol. The van der Waals surface area contributed by atoms with Gasteiger partial charge in [0.05, 0.1) is 25.9 Å². The second-order valence-corrected chi connectivity index (χ2v) is 4.79. The molecule has 1 saturated heterocycles. The van der Waals surface area contributed by atoms with Crippen LogP contribution in [0.1, 0.15) is 10.4 Å². The number of methoxy groups -OCH3 is 1. The van der Waals surface area contributed by atoms with Crippen LogP contribution in [0.5, 0.6) is 0 Å². The van der Waals surface area contributed by atoms with Gasteiger partial charge < -0.3 is 19.7 Å². The number of hydrogen-bond donors (Lipinski definition) is 1. The SMILES string of the molecule is COC(=O)c1cccc(N/C=C(/C#N)C(=O)N2CCOCC2)c1. The maximum atomic E-state index is 12.2. The smallest absolute Gasteiger partial charge is 0.337 e. The van der Waals surface area contributed by atoms with Crippen molar-refractivity contribution >= 4 is 17.6 Å². The number of nitrogens with zero attached hydrogens (tertiary/aromatic N) is 2. The summed E-state index contributed by atoms with van der Waals surface area (Å²) in [6.45, 7) is 1.88. The highest BCUT2D eigenvalue weighted by Gasteiger charge is 2.20. The zero-order valence-corrected chi connectivity index (χ0v) is 12.7. The molecule has 7 heteroatoms. The molecule has 0 saturated carbocycles. The van der Waals surface area contributed by atoms with E-state index in [-0.39, 0.29) is 11.5 Å². The number of benzene rings is 1. The number of esters is 1. The van der Waals surface area contributed by atoms with Crippen LogP contribution in [0.2, 0.25) is 0 Å². The predicted molar refractivity (Wildman–Crippen MR) is 82.5 cm³/mol. The molecule has 7 nitrogen and oxygen atoms in total. The van der Waals surface area contributed by atoms with E-state index in [4.69, 9.17) is 4.74 Å². The van der Waals surface area contributed by atoms with Gasteiger partial charge in [-0.25, -0.2) is 4.79 Å². The first kappa shape index (κ1) is 16.5. The fraction of sp³-hybridized carbons (Fsp3) is 0.312. The molecule has 1 aromatic carbocycles. The van der Waals surface area contributed by atoms with Gasteiger partial charge in [0.25, 0.3) is 5.91 Å². The highest BCUT2D eigenvalue weighted by molar-refractivity contribution is 5.97. The maximum Gasteiger partial charge on any atom is 0.337 e. The van der Waals surface area contributed by atoms with Gasteiger partial charge >= 0.3 is 5.97 Å². The molecule has 0 aliphatic carbocycles. The molecule has 1 aliphatic rings. The fourth-order valence-electron chi connectivity index (χ4n) is 2.09. The number of rotatable bonds is 4. The monoisotopic (exact) mass is 315 g/mol. The zero-order valence-electron chi connectivity index (χ0n) is 12.7. The Morgan fingerprint density at radius 3 is 2.78 bits per heavy atom. The van der Waals surface area contributed by atoms with Gasteiger partial charge in [-0.2, -0.15) is 5.26 Å². The summed E-state index contributed by atoms with van der Waals surface area (Å²) >= 11 is 0. The Kier molecular flexibility index (Phi) is 5.72. The van der Waals surface area contributed by atoms with Crippen LogP contribution in [-0.2, 0) is 14.3 Å². The fourth-order valence-corrected chi connectivity index (χ4v) is 2.09. The molecule has 0 radical (unpaired) electrons. The molecule has 120 valence electrons. The summed E-state index contributed by atoms with van der Waals surface area (Å²) in [5.74, 6) is -0.796. The van der Waals surface area contributed by atoms with Gasteiger partial charge in [0.15, 0.2) is 0 Å². The van der Waals surface area contributed by atoms with Crippen LogP contribution < -0.4 is 5.32 Å². The van der Waals surface area contributed by atoms with Crippen LogP contribution in [-0.4, -0.2) is 50.2 Å². The van der Waals surface area contributed by atoms with E-state index in [1.54, 1.807) is 29.2 Å². The number of nitriles is 1. The van der Waals surface area contributed by atoms with Crippen LogP contribution in [0.25, 0.3) is 0 Å². The van der Waals surface area contributed by atoms with Gasteiger partial charge in [-0.05, 0) is 18.2 Å². The summed E-state index contributed by atoms with van der Waals surface area (Å²) in [5, 5.41) is 12.0. The highest BCUT2D eigenvalue weighted by atomic mass is 16.5. The Labute approximate surface area is 134 Å². The topological polar surface area (TPSA) is 91.7 Å². The third-order valence-corrected chi connectivity index (χ3v) is 3.32. The van der Waals surface area contributed by atoms with Crippen molar-refractivity contribution in [2.75, 3.05) is 38.7 Å². The molecule has 0 unspecified atom stereocenters. The Balaban J connectivity index is 2.09. The predicted octanol–water partition coefficient (Wildman–Crippen LogP) is 1.15. The minimum atomic E-state index is -0.456. The lowest BCUT2D eigenvalue weighted by Crippen LogP contribution is -2.41. The molecule has 0 aromatic heterocycles. The number of carbonyl (C=O) groups is 2. The van der Waals surface area contributed by atoms with Gasteiger partial charge in [-0.15, -0.1) is 0 Å². The van der Waals surface area contributed by atoms with E-state index in [1.165, 1.54) is 13.3 Å². The Bertz CT molecular complexity index is 658. The van der Waals surface area contributed by atoms with E-state index in [2.05, 4.69) is 10.1 Å². The molecule has 0 spiro atoms. The van der Waals surface area contributed by atoms with Crippen LogP contribution in [0, 0.1) is 11.3 Å². The minimum absolute atomic E-state index is 0.00429. The highest BCUT2D eigenvalue weighted by Crippen LogP contribution is 2.13. The number of carbonyl (C=O) groups excluding carboxylic acids is 2. The first-order valence-electron chi connectivity index (χ1n) is 7.08. The molecule has 1 heterocycles. The Morgan fingerprint density at radius 1 is 1.39 bits per heavy atom. The largest absolute Gasteiger partial charge is 0.465 e. The van der Waals surface area contributed by atoms with Crippen molar-refractivity contribution in [2.45, 2.75) is 0 Å². The molecule has 0 bridgehead atoms. The number of nitrogens with one attached hydrogen (secondary N) is 1. The van der Waals surface area contributed by atoms with Crippen molar-refractivity contribution in [3.05, 3.63) is 41.6 Å². The summed E-state index contributed by atoms with van der Waals surface area (Å²) in [5.41, 5.74) is 0.953. The summed E-state index contributed by atoms with van der Waals surface area (Å²) in [6, 6.07) is 8.49. The molecule has 1 fully saturated rings. The molecule has 23 heavy (non-hydrogen) atoms. The lowest BCUT2D eigenvalue weighted by molar-refractivity contribution is -0.130. The lowest BCUT2D eigenvalue weighted by Gasteiger charge is -2.26. The second-order valence-electron chi connectivity index (χ2n) is 4.79. The van der Waals surface area contributed by atoms with Crippen LogP contribution >= 0.6 is 0 Å². The molecule has 1 amide bonds. The van der Waals surface area contributed by atoms with E-state index >= 15 is 0 Å². The van der Waals surface area contributed by atoms with Gasteiger partial charge in [-0.3, -0.25) is 4.79 Å². The average Bonchev–Trinajstić information content (AvgIpc) is 2.62. The third-order valence-electron chi connectivity index (χ3n) is 3.32. The first-order valence-corrected chi connectivity index (χ1v) is 7.08. The van der Waals surface area contributed by atoms with Gasteiger partial charge in [-0.1, -0.05) is 6.07 Å². The summed E-state index contributed by atoms with van der Waals surface area (Å²) < 4.78 is 9.83. The van der Waals surface area contributed by atoms with E-state index in [0.717, 1.165) is 0 Å². The lowest BCUT2D eigenvalue weighted by atomic mass is 10.2. The first-order chi connectivity index (χ1) is 11.2. The van der Waals surface area contributed by atoms with Crippen molar-refractivity contribution in [3.8, 4) is 6.07 Å². The average molecular weight is 315 g/mol. The number of hydrogen-bond acceptors (Lipinski definition) is 6. The molecule has 1 N–H and O–H groups in total. The van der Waals surface area contributed by atoms with E-state index < -0.39 is 5.97 Å². The number of morpholine rings is 1. The maximum absolute atomic E-state index is 12.2. The second kappa shape index (κ2) is 7.96. The van der Waals surface area contributed by atoms with E-state index in [1.807, 2.05) is 6.07 Å². The van der Waals surface area contributed by atoms with Crippen molar-refractivity contribution in [2.24, 2.45) is 0 Å². The third kappa shape index (κ3) is 4.31. The van der Waals surface area contributed by atoms with Gasteiger partial charge in [0.2, 0.25) is 0 Å². The Morgan fingerprint density at radius 2 is 2.13 bits per heavy atom. The zero-order chi connectivity index (χ0) is 16.7. The summed E-state index contributed by atoms with van der Waals surface area (Å²) in [6.07, 6.45) is 1.34. The number of anilines is 1. The van der Waals surface area contributed by atoms with Crippen molar-refractivity contribution < 1.29 is 19.1 Å². The normalized spacial score (nSPS) is 14.8. The number of amides is 1. The van der Waals surface area contributed by atoms with E-state index in [0.29, 0.717) is 37.6 Å². The quantitative estimate of drug-likeness (QED) is 0.509. The van der Waals surface area contributed by atoms with E-state index in [9.17, 15) is 14.9 Å². The van der Waals surface area contributed by atoms with Crippen LogP contribution in [0.15, 0.2) is 36.0 Å². The molecular formula is C16H17N3O4. The van der Waals surface area contributed by atoms with Crippen molar-refractivity contribution in [1.82, 2.24) is 4.90 Å². The molecule has 1 aromatic rings. The standard InChI is InChI=1S/C16H17N3O4/c1-22-16(21)12-3-2-4-14(9-12)18-11-13(10-17)15(20)19-5-7-23-8-6-19/h2-4,9,11,18H,5-8H2,1H3/b13-11-. The summed E-state index contributed by atoms with van der Waals surface area (Å²) in [7, 11) is 1.30.